The minimum atomic E-state index is -0.0828. The van der Waals surface area contributed by atoms with E-state index < -0.39 is 0 Å². The molecule has 2 aromatic rings. The average molecular weight is 273 g/mol. The van der Waals surface area contributed by atoms with Crippen LogP contribution in [-0.4, -0.2) is 29.6 Å². The van der Waals surface area contributed by atoms with Crippen LogP contribution in [0.5, 0.6) is 0 Å². The minimum absolute atomic E-state index is 0.0828. The van der Waals surface area contributed by atoms with E-state index in [4.69, 9.17) is 14.1 Å². The highest BCUT2D eigenvalue weighted by Crippen LogP contribution is 2.28. The molecule has 20 heavy (non-hydrogen) atoms. The third-order valence-corrected chi connectivity index (χ3v) is 3.08. The predicted molar refractivity (Wildman–Crippen MR) is 71.3 cm³/mol. The maximum atomic E-state index is 5.43. The van der Waals surface area contributed by atoms with Crippen molar-refractivity contribution in [2.75, 3.05) is 13.7 Å². The van der Waals surface area contributed by atoms with Crippen molar-refractivity contribution >= 4 is 5.71 Å². The Bertz CT molecular complexity index is 595. The molecule has 0 bridgehead atoms. The van der Waals surface area contributed by atoms with E-state index in [-0.39, 0.29) is 6.10 Å². The summed E-state index contributed by atoms with van der Waals surface area (Å²) in [6.07, 6.45) is 1.17. The van der Waals surface area contributed by atoms with Crippen LogP contribution in [0.3, 0.4) is 0 Å². The first-order chi connectivity index (χ1) is 9.86. The molecule has 1 aliphatic heterocycles. The Kier molecular flexibility index (Phi) is 3.73. The molecular formula is C14H15N3O3. The summed E-state index contributed by atoms with van der Waals surface area (Å²) in [5.41, 5.74) is 1.78. The van der Waals surface area contributed by atoms with Gasteiger partial charge in [-0.2, -0.15) is 4.98 Å². The summed E-state index contributed by atoms with van der Waals surface area (Å²) in [5.74, 6) is 1.04. The van der Waals surface area contributed by atoms with Gasteiger partial charge in [-0.05, 0) is 5.56 Å². The minimum Gasteiger partial charge on any atom is -0.387 e. The molecule has 0 saturated carbocycles. The molecule has 0 amide bonds. The van der Waals surface area contributed by atoms with E-state index in [1.165, 1.54) is 0 Å². The fourth-order valence-electron chi connectivity index (χ4n) is 2.02. The lowest BCUT2D eigenvalue weighted by Gasteiger charge is -2.06. The summed E-state index contributed by atoms with van der Waals surface area (Å²) in [5, 5.41) is 7.94. The summed E-state index contributed by atoms with van der Waals surface area (Å²) in [6.45, 7) is 0.564. The van der Waals surface area contributed by atoms with Crippen molar-refractivity contribution in [3.05, 3.63) is 47.6 Å². The van der Waals surface area contributed by atoms with Crippen molar-refractivity contribution in [1.82, 2.24) is 10.1 Å². The first-order valence-electron chi connectivity index (χ1n) is 6.46. The van der Waals surface area contributed by atoms with Gasteiger partial charge in [-0.1, -0.05) is 40.6 Å². The molecule has 0 radical (unpaired) electrons. The van der Waals surface area contributed by atoms with Gasteiger partial charge in [0.2, 0.25) is 0 Å². The second kappa shape index (κ2) is 5.83. The van der Waals surface area contributed by atoms with E-state index in [9.17, 15) is 0 Å². The van der Waals surface area contributed by atoms with Crippen LogP contribution in [0.1, 0.15) is 29.8 Å². The maximum absolute atomic E-state index is 5.43. The van der Waals surface area contributed by atoms with Crippen molar-refractivity contribution in [3.63, 3.8) is 0 Å². The van der Waals surface area contributed by atoms with Crippen LogP contribution < -0.4 is 0 Å². The zero-order chi connectivity index (χ0) is 13.8. The summed E-state index contributed by atoms with van der Waals surface area (Å²) in [7, 11) is 1.64. The van der Waals surface area contributed by atoms with Crippen LogP contribution in [0.25, 0.3) is 0 Å². The molecule has 2 heterocycles. The van der Waals surface area contributed by atoms with Crippen molar-refractivity contribution in [1.29, 1.82) is 0 Å². The Hall–Kier alpha value is -2.21. The number of aromatic nitrogens is 2. The number of benzene rings is 1. The maximum Gasteiger partial charge on any atom is 0.275 e. The molecule has 1 atom stereocenters. The van der Waals surface area contributed by atoms with E-state index in [1.54, 1.807) is 7.11 Å². The van der Waals surface area contributed by atoms with Gasteiger partial charge in [-0.3, -0.25) is 0 Å². The quantitative estimate of drug-likeness (QED) is 0.834. The summed E-state index contributed by atoms with van der Waals surface area (Å²) >= 11 is 0. The molecule has 1 aromatic carbocycles. The lowest BCUT2D eigenvalue weighted by molar-refractivity contribution is 0.0857. The molecule has 1 aromatic heterocycles. The van der Waals surface area contributed by atoms with Gasteiger partial charge in [-0.25, -0.2) is 0 Å². The summed E-state index contributed by atoms with van der Waals surface area (Å²) < 4.78 is 10.2. The number of oxime groups is 1. The van der Waals surface area contributed by atoms with Crippen molar-refractivity contribution < 1.29 is 14.1 Å². The molecule has 6 heteroatoms. The van der Waals surface area contributed by atoms with Crippen LogP contribution in [0, 0.1) is 0 Å². The molecular weight excluding hydrogens is 258 g/mol. The molecule has 6 nitrogen and oxygen atoms in total. The van der Waals surface area contributed by atoms with Crippen LogP contribution in [0.4, 0.5) is 0 Å². The number of nitrogens with zero attached hydrogens (tertiary/aromatic N) is 3. The number of hydrogen-bond donors (Lipinski definition) is 0. The Morgan fingerprint density at radius 2 is 2.15 bits per heavy atom. The topological polar surface area (TPSA) is 69.7 Å². The van der Waals surface area contributed by atoms with Gasteiger partial charge in [0.05, 0.1) is 6.61 Å². The molecule has 0 saturated heterocycles. The molecule has 0 spiro atoms. The number of hydrogen-bond acceptors (Lipinski definition) is 6. The molecule has 0 fully saturated rings. The molecule has 0 N–H and O–H groups in total. The van der Waals surface area contributed by atoms with Gasteiger partial charge >= 0.3 is 0 Å². The number of methoxy groups -OCH3 is 1. The molecule has 0 aliphatic carbocycles. The first kappa shape index (κ1) is 12.8. The Morgan fingerprint density at radius 3 is 2.95 bits per heavy atom. The lowest BCUT2D eigenvalue weighted by atomic mass is 10.0. The number of ether oxygens (including phenoxy) is 1. The Labute approximate surface area is 116 Å². The largest absolute Gasteiger partial charge is 0.387 e. The third-order valence-electron chi connectivity index (χ3n) is 3.08. The first-order valence-corrected chi connectivity index (χ1v) is 6.46. The zero-order valence-corrected chi connectivity index (χ0v) is 11.2. The van der Waals surface area contributed by atoms with Crippen LogP contribution in [0.2, 0.25) is 0 Å². The van der Waals surface area contributed by atoms with Gasteiger partial charge < -0.3 is 14.1 Å². The Balaban J connectivity index is 1.66. The van der Waals surface area contributed by atoms with Crippen LogP contribution in [0.15, 0.2) is 40.0 Å². The SMILES string of the molecule is COCCc1noc(C2=NO[C@@H](c3ccccc3)C2)n1. The fourth-order valence-corrected chi connectivity index (χ4v) is 2.02. The average Bonchev–Trinajstić information content (AvgIpc) is 3.15. The summed E-state index contributed by atoms with van der Waals surface area (Å²) in [4.78, 5) is 9.72. The number of rotatable bonds is 5. The predicted octanol–water partition coefficient (Wildman–Crippen LogP) is 2.12. The van der Waals surface area contributed by atoms with Crippen LogP contribution >= 0.6 is 0 Å². The highest BCUT2D eigenvalue weighted by atomic mass is 16.6. The van der Waals surface area contributed by atoms with Gasteiger partial charge in [0, 0.05) is 20.0 Å². The van der Waals surface area contributed by atoms with E-state index in [2.05, 4.69) is 15.3 Å². The highest BCUT2D eigenvalue weighted by Gasteiger charge is 2.27. The second-order valence-corrected chi connectivity index (χ2v) is 4.51. The Morgan fingerprint density at radius 1 is 1.30 bits per heavy atom. The monoisotopic (exact) mass is 273 g/mol. The highest BCUT2D eigenvalue weighted by molar-refractivity contribution is 5.97. The fraction of sp³-hybridized carbons (Fsp3) is 0.357. The normalized spacial score (nSPS) is 17.9. The van der Waals surface area contributed by atoms with E-state index in [0.29, 0.717) is 36.9 Å². The standard InChI is InChI=1S/C14H15N3O3/c1-18-8-7-13-15-14(20-17-13)11-9-12(19-16-11)10-5-3-2-4-6-10/h2-6,12H,7-9H2,1H3/t12-/m1/s1. The van der Waals surface area contributed by atoms with Crippen LogP contribution in [-0.2, 0) is 16.0 Å². The smallest absolute Gasteiger partial charge is 0.275 e. The van der Waals surface area contributed by atoms with Crippen molar-refractivity contribution in [2.24, 2.45) is 5.16 Å². The van der Waals surface area contributed by atoms with Gasteiger partial charge in [0.15, 0.2) is 11.9 Å². The van der Waals surface area contributed by atoms with Gasteiger partial charge in [0.25, 0.3) is 5.89 Å². The molecule has 104 valence electrons. The lowest BCUT2D eigenvalue weighted by Crippen LogP contribution is -2.02. The van der Waals surface area contributed by atoms with Crippen molar-refractivity contribution in [3.8, 4) is 0 Å². The van der Waals surface area contributed by atoms with Gasteiger partial charge in [0.1, 0.15) is 5.71 Å². The van der Waals surface area contributed by atoms with Gasteiger partial charge in [-0.15, -0.1) is 0 Å². The van der Waals surface area contributed by atoms with Crippen molar-refractivity contribution in [2.45, 2.75) is 18.9 Å². The van der Waals surface area contributed by atoms with E-state index in [1.807, 2.05) is 30.3 Å². The molecule has 3 rings (SSSR count). The van der Waals surface area contributed by atoms with E-state index in [0.717, 1.165) is 5.56 Å². The summed E-state index contributed by atoms with van der Waals surface area (Å²) in [6, 6.07) is 9.96. The zero-order valence-electron chi connectivity index (χ0n) is 11.2. The third kappa shape index (κ3) is 2.70. The second-order valence-electron chi connectivity index (χ2n) is 4.51. The van der Waals surface area contributed by atoms with E-state index >= 15 is 0 Å². The molecule has 1 aliphatic rings. The molecule has 0 unspecified atom stereocenters.